The van der Waals surface area contributed by atoms with Gasteiger partial charge in [-0.05, 0) is 62.2 Å². The highest BCUT2D eigenvalue weighted by atomic mass is 79.9. The molecule has 0 aliphatic rings. The van der Waals surface area contributed by atoms with Crippen molar-refractivity contribution in [1.82, 2.24) is 5.32 Å². The lowest BCUT2D eigenvalue weighted by Gasteiger charge is -2.12. The van der Waals surface area contributed by atoms with E-state index in [1.807, 2.05) is 25.2 Å². The number of benzene rings is 2. The Labute approximate surface area is 142 Å². The zero-order valence-electron chi connectivity index (χ0n) is 11.0. The van der Waals surface area contributed by atoms with Gasteiger partial charge in [-0.3, -0.25) is 0 Å². The summed E-state index contributed by atoms with van der Waals surface area (Å²) < 4.78 is 7.79. The molecule has 0 radical (unpaired) electrons. The molecule has 0 saturated heterocycles. The first-order valence-corrected chi connectivity index (χ1v) is 7.58. The first-order chi connectivity index (χ1) is 9.20. The van der Waals surface area contributed by atoms with Gasteiger partial charge < -0.3 is 10.1 Å². The summed E-state index contributed by atoms with van der Waals surface area (Å²) >= 11 is 7.12. The normalized spacial score (nSPS) is 9.95. The summed E-state index contributed by atoms with van der Waals surface area (Å²) in [5.41, 5.74) is 2.36. The Kier molecular flexibility index (Phi) is 7.59. The Balaban J connectivity index is 0.00000200. The number of nitrogens with one attached hydrogen (secondary N) is 1. The molecule has 5 heteroatoms. The molecule has 2 nitrogen and oxygen atoms in total. The Hall–Kier alpha value is -0.550. The fraction of sp³-hybridized carbons (Fsp3) is 0.200. The summed E-state index contributed by atoms with van der Waals surface area (Å²) in [4.78, 5) is 0. The number of halogens is 3. The second-order valence-electron chi connectivity index (χ2n) is 4.19. The quantitative estimate of drug-likeness (QED) is 0.739. The van der Waals surface area contributed by atoms with Gasteiger partial charge in [0.05, 0.1) is 8.95 Å². The van der Waals surface area contributed by atoms with Gasteiger partial charge in [0.1, 0.15) is 12.4 Å². The van der Waals surface area contributed by atoms with E-state index in [1.165, 1.54) is 5.56 Å². The van der Waals surface area contributed by atoms with Gasteiger partial charge >= 0.3 is 0 Å². The first kappa shape index (κ1) is 17.5. The summed E-state index contributed by atoms with van der Waals surface area (Å²) in [6, 6.07) is 14.3. The van der Waals surface area contributed by atoms with Crippen LogP contribution in [0.5, 0.6) is 5.75 Å². The molecule has 0 saturated carbocycles. The molecule has 0 aromatic heterocycles. The third-order valence-electron chi connectivity index (χ3n) is 2.66. The molecule has 2 aromatic rings. The second kappa shape index (κ2) is 8.67. The maximum absolute atomic E-state index is 5.87. The smallest absolute Gasteiger partial charge is 0.148 e. The lowest BCUT2D eigenvalue weighted by Crippen LogP contribution is -2.05. The maximum atomic E-state index is 5.87. The van der Waals surface area contributed by atoms with Gasteiger partial charge in [0.2, 0.25) is 0 Å². The van der Waals surface area contributed by atoms with E-state index in [4.69, 9.17) is 4.74 Å². The van der Waals surface area contributed by atoms with Crippen molar-refractivity contribution in [2.75, 3.05) is 7.05 Å². The molecule has 108 valence electrons. The molecular weight excluding hydrogens is 405 g/mol. The predicted octanol–water partition coefficient (Wildman–Crippen LogP) is 4.93. The summed E-state index contributed by atoms with van der Waals surface area (Å²) in [5, 5.41) is 3.13. The van der Waals surface area contributed by atoms with Gasteiger partial charge in [-0.25, -0.2) is 0 Å². The van der Waals surface area contributed by atoms with Crippen molar-refractivity contribution >= 4 is 44.3 Å². The van der Waals surface area contributed by atoms with Crippen LogP contribution in [0.1, 0.15) is 11.1 Å². The topological polar surface area (TPSA) is 21.3 Å². The average molecular weight is 422 g/mol. The van der Waals surface area contributed by atoms with Crippen molar-refractivity contribution in [3.8, 4) is 5.75 Å². The van der Waals surface area contributed by atoms with Gasteiger partial charge in [0.15, 0.2) is 0 Å². The molecule has 2 rings (SSSR count). The zero-order chi connectivity index (χ0) is 13.7. The molecular formula is C15H16Br2ClNO. The highest BCUT2D eigenvalue weighted by Crippen LogP contribution is 2.35. The van der Waals surface area contributed by atoms with Crippen LogP contribution in [0.15, 0.2) is 51.4 Å². The number of rotatable bonds is 5. The van der Waals surface area contributed by atoms with E-state index in [2.05, 4.69) is 61.4 Å². The lowest BCUT2D eigenvalue weighted by molar-refractivity contribution is 0.302. The van der Waals surface area contributed by atoms with Crippen molar-refractivity contribution in [1.29, 1.82) is 0 Å². The Bertz CT molecular complexity index is 526. The number of hydrogen-bond donors (Lipinski definition) is 1. The SMILES string of the molecule is CNCc1cc(Br)c(OCc2ccccc2)c(Br)c1.Cl. The highest BCUT2D eigenvalue weighted by molar-refractivity contribution is 9.11. The second-order valence-corrected chi connectivity index (χ2v) is 5.90. The van der Waals surface area contributed by atoms with Crippen LogP contribution in [0.3, 0.4) is 0 Å². The van der Waals surface area contributed by atoms with Crippen LogP contribution in [0, 0.1) is 0 Å². The summed E-state index contributed by atoms with van der Waals surface area (Å²) in [5.74, 6) is 0.837. The first-order valence-electron chi connectivity index (χ1n) is 6.00. The third-order valence-corrected chi connectivity index (χ3v) is 3.84. The predicted molar refractivity (Wildman–Crippen MR) is 92.6 cm³/mol. The Morgan fingerprint density at radius 1 is 1.00 bits per heavy atom. The van der Waals surface area contributed by atoms with Crippen molar-refractivity contribution in [3.05, 3.63) is 62.5 Å². The van der Waals surface area contributed by atoms with Crippen LogP contribution >= 0.6 is 44.3 Å². The van der Waals surface area contributed by atoms with E-state index in [1.54, 1.807) is 0 Å². The van der Waals surface area contributed by atoms with Gasteiger partial charge in [0, 0.05) is 6.54 Å². The van der Waals surface area contributed by atoms with Crippen LogP contribution < -0.4 is 10.1 Å². The van der Waals surface area contributed by atoms with Crippen molar-refractivity contribution in [2.24, 2.45) is 0 Å². The highest BCUT2D eigenvalue weighted by Gasteiger charge is 2.09. The van der Waals surface area contributed by atoms with Crippen molar-refractivity contribution in [3.63, 3.8) is 0 Å². The number of ether oxygens (including phenoxy) is 1. The zero-order valence-corrected chi connectivity index (χ0v) is 15.0. The largest absolute Gasteiger partial charge is 0.487 e. The molecule has 0 bridgehead atoms. The molecule has 20 heavy (non-hydrogen) atoms. The van der Waals surface area contributed by atoms with Gasteiger partial charge in [0.25, 0.3) is 0 Å². The van der Waals surface area contributed by atoms with Gasteiger partial charge in [-0.1, -0.05) is 30.3 Å². The third kappa shape index (κ3) is 4.77. The minimum Gasteiger partial charge on any atom is -0.487 e. The minimum atomic E-state index is 0. The standard InChI is InChI=1S/C15H15Br2NO.ClH/c1-18-9-12-7-13(16)15(14(17)8-12)19-10-11-5-3-2-4-6-11;/h2-8,18H,9-10H2,1H3;1H. The maximum Gasteiger partial charge on any atom is 0.148 e. The van der Waals surface area contributed by atoms with Gasteiger partial charge in [-0.2, -0.15) is 0 Å². The van der Waals surface area contributed by atoms with Crippen LogP contribution in [-0.2, 0) is 13.2 Å². The molecule has 0 aliphatic heterocycles. The molecule has 0 fully saturated rings. The Morgan fingerprint density at radius 3 is 2.15 bits per heavy atom. The molecule has 0 atom stereocenters. The van der Waals surface area contributed by atoms with Crippen molar-refractivity contribution in [2.45, 2.75) is 13.2 Å². The Morgan fingerprint density at radius 2 is 1.60 bits per heavy atom. The van der Waals surface area contributed by atoms with E-state index in [0.29, 0.717) is 6.61 Å². The average Bonchev–Trinajstić information content (AvgIpc) is 2.39. The molecule has 0 spiro atoms. The number of hydrogen-bond acceptors (Lipinski definition) is 2. The molecule has 0 unspecified atom stereocenters. The van der Waals surface area contributed by atoms with E-state index < -0.39 is 0 Å². The van der Waals surface area contributed by atoms with E-state index >= 15 is 0 Å². The monoisotopic (exact) mass is 419 g/mol. The van der Waals surface area contributed by atoms with Gasteiger partial charge in [-0.15, -0.1) is 12.4 Å². The van der Waals surface area contributed by atoms with Crippen LogP contribution in [0.2, 0.25) is 0 Å². The van der Waals surface area contributed by atoms with Crippen LogP contribution in [-0.4, -0.2) is 7.05 Å². The molecule has 0 amide bonds. The molecule has 0 heterocycles. The fourth-order valence-corrected chi connectivity index (χ4v) is 3.30. The molecule has 0 aliphatic carbocycles. The van der Waals surface area contributed by atoms with E-state index in [-0.39, 0.29) is 12.4 Å². The summed E-state index contributed by atoms with van der Waals surface area (Å²) in [6.07, 6.45) is 0. The van der Waals surface area contributed by atoms with Crippen LogP contribution in [0.25, 0.3) is 0 Å². The molecule has 1 N–H and O–H groups in total. The summed E-state index contributed by atoms with van der Waals surface area (Å²) in [6.45, 7) is 1.39. The van der Waals surface area contributed by atoms with E-state index in [9.17, 15) is 0 Å². The minimum absolute atomic E-state index is 0. The fourth-order valence-electron chi connectivity index (χ4n) is 1.79. The molecule has 2 aromatic carbocycles. The van der Waals surface area contributed by atoms with Crippen molar-refractivity contribution < 1.29 is 4.74 Å². The van der Waals surface area contributed by atoms with Crippen LogP contribution in [0.4, 0.5) is 0 Å². The summed E-state index contributed by atoms with van der Waals surface area (Å²) in [7, 11) is 1.93. The van der Waals surface area contributed by atoms with E-state index in [0.717, 1.165) is 26.8 Å². The lowest BCUT2D eigenvalue weighted by atomic mass is 10.2.